The van der Waals surface area contributed by atoms with Crippen LogP contribution < -0.4 is 10.6 Å². The number of hydrogen-bond acceptors (Lipinski definition) is 4. The van der Waals surface area contributed by atoms with E-state index in [0.717, 1.165) is 10.8 Å². The average Bonchev–Trinajstić information content (AvgIpc) is 3.06. The first kappa shape index (κ1) is 22.2. The summed E-state index contributed by atoms with van der Waals surface area (Å²) in [6.07, 6.45) is -0.647. The smallest absolute Gasteiger partial charge is 0.374 e. The van der Waals surface area contributed by atoms with E-state index in [4.69, 9.17) is 0 Å². The Labute approximate surface area is 165 Å². The highest BCUT2D eigenvalue weighted by Crippen LogP contribution is 2.40. The molecule has 0 saturated heterocycles. The van der Waals surface area contributed by atoms with Crippen LogP contribution in [0.15, 0.2) is 42.7 Å². The SMILES string of the molecule is CC(=O)Nc1ccc(/C=C/C(=O)NCCC(O)(c2nccn2C)C(F)(F)F)cc1. The molecule has 0 fully saturated rings. The van der Waals surface area contributed by atoms with Crippen molar-refractivity contribution in [2.75, 3.05) is 11.9 Å². The number of nitrogens with one attached hydrogen (secondary N) is 2. The predicted molar refractivity (Wildman–Crippen MR) is 101 cm³/mol. The van der Waals surface area contributed by atoms with Crippen LogP contribution in [0.2, 0.25) is 0 Å². The van der Waals surface area contributed by atoms with Gasteiger partial charge in [-0.25, -0.2) is 4.98 Å². The molecule has 2 amide bonds. The fourth-order valence-corrected chi connectivity index (χ4v) is 2.62. The Morgan fingerprint density at radius 1 is 1.24 bits per heavy atom. The Hall–Kier alpha value is -3.14. The van der Waals surface area contributed by atoms with Crippen molar-refractivity contribution in [2.45, 2.75) is 25.1 Å². The third kappa shape index (κ3) is 5.67. The summed E-state index contributed by atoms with van der Waals surface area (Å²) in [6, 6.07) is 6.63. The molecule has 1 aromatic carbocycles. The van der Waals surface area contributed by atoms with Crippen LogP contribution in [-0.4, -0.2) is 39.2 Å². The van der Waals surface area contributed by atoms with Crippen molar-refractivity contribution in [1.29, 1.82) is 0 Å². The van der Waals surface area contributed by atoms with Crippen LogP contribution in [0.3, 0.4) is 0 Å². The minimum absolute atomic E-state index is 0.211. The lowest BCUT2D eigenvalue weighted by Crippen LogP contribution is -2.46. The second kappa shape index (κ2) is 8.91. The van der Waals surface area contributed by atoms with Gasteiger partial charge in [-0.3, -0.25) is 9.59 Å². The maximum Gasteiger partial charge on any atom is 0.424 e. The summed E-state index contributed by atoms with van der Waals surface area (Å²) in [5, 5.41) is 15.1. The van der Waals surface area contributed by atoms with E-state index in [1.807, 2.05) is 0 Å². The number of carbonyl (C=O) groups excluding carboxylic acids is 2. The summed E-state index contributed by atoms with van der Waals surface area (Å²) in [4.78, 5) is 26.4. The van der Waals surface area contributed by atoms with Crippen molar-refractivity contribution >= 4 is 23.6 Å². The summed E-state index contributed by atoms with van der Waals surface area (Å²) >= 11 is 0. The Bertz CT molecular complexity index is 891. The van der Waals surface area contributed by atoms with E-state index in [1.165, 1.54) is 32.3 Å². The first-order chi connectivity index (χ1) is 13.5. The molecular formula is C19H21F3N4O3. The number of benzene rings is 1. The van der Waals surface area contributed by atoms with Crippen LogP contribution >= 0.6 is 0 Å². The van der Waals surface area contributed by atoms with E-state index in [2.05, 4.69) is 15.6 Å². The molecule has 0 bridgehead atoms. The molecule has 2 rings (SSSR count). The maximum absolute atomic E-state index is 13.4. The van der Waals surface area contributed by atoms with Gasteiger partial charge in [0, 0.05) is 51.1 Å². The Balaban J connectivity index is 1.95. The molecule has 1 unspecified atom stereocenters. The fourth-order valence-electron chi connectivity index (χ4n) is 2.62. The number of aromatic nitrogens is 2. The van der Waals surface area contributed by atoms with Crippen molar-refractivity contribution < 1.29 is 27.9 Å². The summed E-state index contributed by atoms with van der Waals surface area (Å²) in [6.45, 7) is 0.972. The van der Waals surface area contributed by atoms with Gasteiger partial charge in [-0.2, -0.15) is 13.2 Å². The van der Waals surface area contributed by atoms with Crippen LogP contribution in [0.1, 0.15) is 24.7 Å². The number of hydrogen-bond donors (Lipinski definition) is 3. The van der Waals surface area contributed by atoms with Gasteiger partial charge in [0.15, 0.2) is 0 Å². The third-order valence-corrected chi connectivity index (χ3v) is 4.10. The van der Waals surface area contributed by atoms with Gasteiger partial charge in [0.05, 0.1) is 0 Å². The number of aliphatic hydroxyl groups is 1. The molecule has 10 heteroatoms. The number of aryl methyl sites for hydroxylation is 1. The first-order valence-electron chi connectivity index (χ1n) is 8.63. The molecule has 3 N–H and O–H groups in total. The molecule has 1 atom stereocenters. The number of amides is 2. The lowest BCUT2D eigenvalue weighted by atomic mass is 9.97. The van der Waals surface area contributed by atoms with Gasteiger partial charge < -0.3 is 20.3 Å². The lowest BCUT2D eigenvalue weighted by Gasteiger charge is -2.29. The molecule has 156 valence electrons. The number of halogens is 3. The highest BCUT2D eigenvalue weighted by molar-refractivity contribution is 5.92. The van der Waals surface area contributed by atoms with Gasteiger partial charge in [-0.1, -0.05) is 12.1 Å². The van der Waals surface area contributed by atoms with Crippen LogP contribution in [0.25, 0.3) is 6.08 Å². The molecular weight excluding hydrogens is 389 g/mol. The largest absolute Gasteiger partial charge is 0.424 e. The van der Waals surface area contributed by atoms with Gasteiger partial charge in [0.25, 0.3) is 0 Å². The molecule has 0 aliphatic heterocycles. The number of carbonyl (C=O) groups is 2. The molecule has 1 heterocycles. The van der Waals surface area contributed by atoms with Crippen molar-refractivity contribution in [1.82, 2.24) is 14.9 Å². The highest BCUT2D eigenvalue weighted by atomic mass is 19.4. The second-order valence-electron chi connectivity index (χ2n) is 6.40. The summed E-state index contributed by atoms with van der Waals surface area (Å²) < 4.78 is 41.3. The molecule has 2 aromatic rings. The standard InChI is InChI=1S/C19H21F3N4O3/c1-13(27)25-15-6-3-14(4-7-15)5-8-16(28)23-10-9-18(29,19(20,21)22)17-24-11-12-26(17)2/h3-8,11-12,29H,9-10H2,1-2H3,(H,23,28)(H,25,27)/b8-5+. The summed E-state index contributed by atoms with van der Waals surface area (Å²) in [5.41, 5.74) is -1.92. The number of rotatable bonds is 7. The van der Waals surface area contributed by atoms with Gasteiger partial charge in [-0.15, -0.1) is 0 Å². The van der Waals surface area contributed by atoms with Gasteiger partial charge in [0.1, 0.15) is 5.82 Å². The zero-order valence-corrected chi connectivity index (χ0v) is 15.8. The highest BCUT2D eigenvalue weighted by Gasteiger charge is 2.57. The summed E-state index contributed by atoms with van der Waals surface area (Å²) in [5.74, 6) is -1.37. The quantitative estimate of drug-likeness (QED) is 0.611. The molecule has 0 saturated carbocycles. The normalized spacial score (nSPS) is 13.9. The van der Waals surface area contributed by atoms with Gasteiger partial charge in [0.2, 0.25) is 17.4 Å². The molecule has 1 aromatic heterocycles. The van der Waals surface area contributed by atoms with Crippen molar-refractivity contribution in [3.05, 3.63) is 54.1 Å². The summed E-state index contributed by atoms with van der Waals surface area (Å²) in [7, 11) is 1.34. The van der Waals surface area contributed by atoms with Crippen LogP contribution in [-0.2, 0) is 22.2 Å². The van der Waals surface area contributed by atoms with E-state index < -0.39 is 36.5 Å². The molecule has 0 aliphatic carbocycles. The number of nitrogens with zero attached hydrogens (tertiary/aromatic N) is 2. The zero-order valence-electron chi connectivity index (χ0n) is 15.8. The maximum atomic E-state index is 13.4. The second-order valence-corrected chi connectivity index (χ2v) is 6.40. The number of alkyl halides is 3. The van der Waals surface area contributed by atoms with E-state index in [1.54, 1.807) is 24.3 Å². The molecule has 29 heavy (non-hydrogen) atoms. The van der Waals surface area contributed by atoms with Gasteiger partial charge in [-0.05, 0) is 23.8 Å². The molecule has 7 nitrogen and oxygen atoms in total. The third-order valence-electron chi connectivity index (χ3n) is 4.10. The zero-order chi connectivity index (χ0) is 21.7. The van der Waals surface area contributed by atoms with E-state index in [9.17, 15) is 27.9 Å². The number of anilines is 1. The van der Waals surface area contributed by atoms with E-state index in [0.29, 0.717) is 11.3 Å². The van der Waals surface area contributed by atoms with Crippen molar-refractivity contribution in [2.24, 2.45) is 7.05 Å². The fraction of sp³-hybridized carbons (Fsp3) is 0.316. The van der Waals surface area contributed by atoms with Crippen LogP contribution in [0.5, 0.6) is 0 Å². The van der Waals surface area contributed by atoms with Crippen LogP contribution in [0.4, 0.5) is 18.9 Å². The Kier molecular flexibility index (Phi) is 6.80. The minimum atomic E-state index is -4.96. The Morgan fingerprint density at radius 3 is 2.41 bits per heavy atom. The van der Waals surface area contributed by atoms with Crippen molar-refractivity contribution in [3.63, 3.8) is 0 Å². The topological polar surface area (TPSA) is 96.2 Å². The van der Waals surface area contributed by atoms with Gasteiger partial charge >= 0.3 is 6.18 Å². The predicted octanol–water partition coefficient (Wildman–Crippen LogP) is 2.35. The molecule has 0 radical (unpaired) electrons. The van der Waals surface area contributed by atoms with Crippen LogP contribution in [0, 0.1) is 0 Å². The lowest BCUT2D eigenvalue weighted by molar-refractivity contribution is -0.272. The molecule has 0 spiro atoms. The van der Waals surface area contributed by atoms with E-state index in [-0.39, 0.29) is 5.91 Å². The monoisotopic (exact) mass is 410 g/mol. The Morgan fingerprint density at radius 2 is 1.90 bits per heavy atom. The van der Waals surface area contributed by atoms with E-state index >= 15 is 0 Å². The molecule has 0 aliphatic rings. The minimum Gasteiger partial charge on any atom is -0.374 e. The number of imidazole rings is 1. The average molecular weight is 410 g/mol. The van der Waals surface area contributed by atoms with Crippen molar-refractivity contribution in [3.8, 4) is 0 Å². The first-order valence-corrected chi connectivity index (χ1v) is 8.63.